The minimum Gasteiger partial charge on any atom is -0.313 e. The summed E-state index contributed by atoms with van der Waals surface area (Å²) in [5, 5.41) is 5.19. The van der Waals surface area contributed by atoms with Crippen LogP contribution in [0.5, 0.6) is 0 Å². The van der Waals surface area contributed by atoms with E-state index in [1.807, 2.05) is 42.2 Å². The molecule has 20 heavy (non-hydrogen) atoms. The Morgan fingerprint density at radius 1 is 1.45 bits per heavy atom. The fraction of sp³-hybridized carbons (Fsp3) is 0.267. The molecule has 1 N–H and O–H groups in total. The number of thiazole rings is 1. The maximum absolute atomic E-state index is 14.0. The Bertz CT molecular complexity index is 703. The maximum Gasteiger partial charge on any atom is 0.193 e. The van der Waals surface area contributed by atoms with E-state index in [1.54, 1.807) is 17.4 Å². The lowest BCUT2D eigenvalue weighted by Crippen LogP contribution is -2.20. The van der Waals surface area contributed by atoms with E-state index in [1.165, 1.54) is 6.07 Å². The van der Waals surface area contributed by atoms with Crippen LogP contribution >= 0.6 is 11.3 Å². The van der Waals surface area contributed by atoms with Gasteiger partial charge >= 0.3 is 0 Å². The van der Waals surface area contributed by atoms with Gasteiger partial charge in [-0.1, -0.05) is 17.7 Å². The molecule has 3 aromatic rings. The van der Waals surface area contributed by atoms with Crippen molar-refractivity contribution in [2.24, 2.45) is 0 Å². The van der Waals surface area contributed by atoms with Crippen LogP contribution in [0.2, 0.25) is 0 Å². The number of benzene rings is 1. The van der Waals surface area contributed by atoms with Crippen LogP contribution in [0, 0.1) is 12.7 Å². The molecule has 2 aromatic heterocycles. The Balaban J connectivity index is 1.89. The van der Waals surface area contributed by atoms with Crippen molar-refractivity contribution in [1.82, 2.24) is 14.7 Å². The van der Waals surface area contributed by atoms with Crippen molar-refractivity contribution in [2.75, 3.05) is 7.05 Å². The third-order valence-corrected chi connectivity index (χ3v) is 4.20. The summed E-state index contributed by atoms with van der Waals surface area (Å²) in [6, 6.07) is 5.15. The van der Waals surface area contributed by atoms with E-state index in [4.69, 9.17) is 0 Å². The van der Waals surface area contributed by atoms with Gasteiger partial charge in [0.15, 0.2) is 4.96 Å². The normalized spacial score (nSPS) is 12.9. The molecule has 0 aliphatic carbocycles. The molecule has 0 saturated heterocycles. The van der Waals surface area contributed by atoms with Gasteiger partial charge in [0.1, 0.15) is 5.82 Å². The molecule has 0 fully saturated rings. The van der Waals surface area contributed by atoms with E-state index in [0.29, 0.717) is 12.0 Å². The highest BCUT2D eigenvalue weighted by molar-refractivity contribution is 7.15. The summed E-state index contributed by atoms with van der Waals surface area (Å²) in [4.78, 5) is 5.53. The summed E-state index contributed by atoms with van der Waals surface area (Å²) in [5.74, 6) is -0.170. The molecule has 0 spiro atoms. The minimum atomic E-state index is -0.170. The van der Waals surface area contributed by atoms with Gasteiger partial charge in [0, 0.05) is 35.8 Å². The Morgan fingerprint density at radius 2 is 2.30 bits per heavy atom. The molecule has 3 rings (SSSR count). The van der Waals surface area contributed by atoms with E-state index in [-0.39, 0.29) is 11.9 Å². The lowest BCUT2D eigenvalue weighted by Gasteiger charge is -2.16. The highest BCUT2D eigenvalue weighted by Crippen LogP contribution is 2.23. The van der Waals surface area contributed by atoms with Crippen molar-refractivity contribution in [3.05, 3.63) is 58.6 Å². The Morgan fingerprint density at radius 3 is 3.05 bits per heavy atom. The predicted octanol–water partition coefficient (Wildman–Crippen LogP) is 3.35. The molecule has 0 radical (unpaired) electrons. The van der Waals surface area contributed by atoms with Crippen molar-refractivity contribution in [3.63, 3.8) is 0 Å². The highest BCUT2D eigenvalue weighted by Gasteiger charge is 2.16. The molecule has 0 aliphatic rings. The summed E-state index contributed by atoms with van der Waals surface area (Å²) in [5.41, 5.74) is 2.73. The molecule has 0 saturated carbocycles. The molecule has 1 aromatic carbocycles. The van der Waals surface area contributed by atoms with E-state index in [0.717, 1.165) is 16.2 Å². The molecule has 3 nitrogen and oxygen atoms in total. The fourth-order valence-corrected chi connectivity index (χ4v) is 3.10. The van der Waals surface area contributed by atoms with E-state index < -0.39 is 0 Å². The van der Waals surface area contributed by atoms with E-state index in [2.05, 4.69) is 10.3 Å². The zero-order valence-corrected chi connectivity index (χ0v) is 12.2. The van der Waals surface area contributed by atoms with Gasteiger partial charge in [0.05, 0.1) is 5.69 Å². The molecule has 0 aliphatic heterocycles. The van der Waals surface area contributed by atoms with Gasteiger partial charge in [0.2, 0.25) is 0 Å². The van der Waals surface area contributed by atoms with Crippen LogP contribution in [-0.2, 0) is 6.42 Å². The zero-order valence-electron chi connectivity index (χ0n) is 11.4. The van der Waals surface area contributed by atoms with Gasteiger partial charge in [-0.2, -0.15) is 0 Å². The molecule has 2 heterocycles. The van der Waals surface area contributed by atoms with Gasteiger partial charge in [-0.25, -0.2) is 9.37 Å². The zero-order chi connectivity index (χ0) is 14.1. The molecular formula is C15H16FN3S. The van der Waals surface area contributed by atoms with Crippen LogP contribution in [0.25, 0.3) is 4.96 Å². The van der Waals surface area contributed by atoms with Crippen LogP contribution in [0.4, 0.5) is 4.39 Å². The number of aromatic nitrogens is 2. The predicted molar refractivity (Wildman–Crippen MR) is 79.7 cm³/mol. The summed E-state index contributed by atoms with van der Waals surface area (Å²) < 4.78 is 16.0. The molecular weight excluding hydrogens is 273 g/mol. The topological polar surface area (TPSA) is 29.3 Å². The van der Waals surface area contributed by atoms with E-state index in [9.17, 15) is 4.39 Å². The number of nitrogens with one attached hydrogen (secondary N) is 1. The van der Waals surface area contributed by atoms with Crippen molar-refractivity contribution in [3.8, 4) is 0 Å². The monoisotopic (exact) mass is 289 g/mol. The van der Waals surface area contributed by atoms with Crippen LogP contribution in [0.1, 0.15) is 22.9 Å². The average Bonchev–Trinajstić information content (AvgIpc) is 3.00. The summed E-state index contributed by atoms with van der Waals surface area (Å²) in [6.07, 6.45) is 4.66. The first kappa shape index (κ1) is 13.3. The third kappa shape index (κ3) is 2.46. The highest BCUT2D eigenvalue weighted by atomic mass is 32.1. The second-order valence-corrected chi connectivity index (χ2v) is 5.77. The van der Waals surface area contributed by atoms with Gasteiger partial charge in [0.25, 0.3) is 0 Å². The van der Waals surface area contributed by atoms with Crippen molar-refractivity contribution in [2.45, 2.75) is 19.4 Å². The quantitative estimate of drug-likeness (QED) is 0.798. The Labute approximate surface area is 121 Å². The lowest BCUT2D eigenvalue weighted by atomic mass is 10.00. The van der Waals surface area contributed by atoms with Gasteiger partial charge in [-0.05, 0) is 20.0 Å². The number of aryl methyl sites for hydroxylation is 1. The number of fused-ring (bicyclic) bond motifs is 1. The van der Waals surface area contributed by atoms with Gasteiger partial charge in [-0.3, -0.25) is 4.40 Å². The Hall–Kier alpha value is -1.72. The molecule has 5 heteroatoms. The number of halogens is 1. The van der Waals surface area contributed by atoms with Gasteiger partial charge in [-0.15, -0.1) is 11.3 Å². The fourth-order valence-electron chi connectivity index (χ4n) is 2.38. The lowest BCUT2D eigenvalue weighted by molar-refractivity contribution is 0.530. The second-order valence-electron chi connectivity index (χ2n) is 4.90. The minimum absolute atomic E-state index is 0.0699. The third-order valence-electron chi connectivity index (χ3n) is 3.43. The number of nitrogens with zero attached hydrogens (tertiary/aromatic N) is 2. The smallest absolute Gasteiger partial charge is 0.193 e. The number of rotatable bonds is 4. The summed E-state index contributed by atoms with van der Waals surface area (Å²) in [6.45, 7) is 1.97. The molecule has 1 atom stereocenters. The van der Waals surface area contributed by atoms with Crippen LogP contribution < -0.4 is 5.32 Å². The van der Waals surface area contributed by atoms with Crippen molar-refractivity contribution in [1.29, 1.82) is 0 Å². The second kappa shape index (κ2) is 5.34. The first-order chi connectivity index (χ1) is 9.67. The Kier molecular flexibility index (Phi) is 3.54. The number of likely N-dealkylation sites (N-methyl/N-ethyl adjacent to an activating group) is 1. The van der Waals surface area contributed by atoms with Crippen LogP contribution in [0.3, 0.4) is 0 Å². The largest absolute Gasteiger partial charge is 0.313 e. The number of hydrogen-bond acceptors (Lipinski definition) is 3. The first-order valence-corrected chi connectivity index (χ1v) is 7.39. The number of imidazole rings is 1. The van der Waals surface area contributed by atoms with Crippen LogP contribution in [0.15, 0.2) is 36.0 Å². The van der Waals surface area contributed by atoms with Crippen LogP contribution in [-0.4, -0.2) is 16.4 Å². The SMILES string of the molecule is CNC(Cc1cn2ccsc2n1)c1cc(C)ccc1F. The summed E-state index contributed by atoms with van der Waals surface area (Å²) in [7, 11) is 1.85. The average molecular weight is 289 g/mol. The summed E-state index contributed by atoms with van der Waals surface area (Å²) >= 11 is 1.60. The number of hydrogen-bond donors (Lipinski definition) is 1. The maximum atomic E-state index is 14.0. The van der Waals surface area contributed by atoms with Crippen molar-refractivity contribution >= 4 is 16.3 Å². The molecule has 1 unspecified atom stereocenters. The molecule has 104 valence electrons. The van der Waals surface area contributed by atoms with Crippen molar-refractivity contribution < 1.29 is 4.39 Å². The van der Waals surface area contributed by atoms with E-state index >= 15 is 0 Å². The first-order valence-electron chi connectivity index (χ1n) is 6.52. The standard InChI is InChI=1S/C15H16FN3S/c1-10-3-4-13(16)12(7-10)14(17-2)8-11-9-19-5-6-20-15(19)18-11/h3-7,9,14,17H,8H2,1-2H3. The molecule has 0 bridgehead atoms. The van der Waals surface area contributed by atoms with Gasteiger partial charge < -0.3 is 5.32 Å². The molecule has 0 amide bonds.